The molecule has 1 aromatic carbocycles. The molecule has 1 fully saturated rings. The van der Waals surface area contributed by atoms with Gasteiger partial charge in [-0.3, -0.25) is 9.59 Å². The van der Waals surface area contributed by atoms with Gasteiger partial charge in [0.05, 0.1) is 17.7 Å². The van der Waals surface area contributed by atoms with Crippen LogP contribution in [-0.2, 0) is 4.79 Å². The minimum Gasteiger partial charge on any atom is -0.497 e. The topological polar surface area (TPSA) is 58.6 Å². The number of nitrogens with zero attached hydrogens (tertiary/aromatic N) is 1. The van der Waals surface area contributed by atoms with Crippen LogP contribution in [0.4, 0.5) is 8.78 Å². The number of ether oxygens (including phenoxy) is 1. The summed E-state index contributed by atoms with van der Waals surface area (Å²) in [5.41, 5.74) is 0.0268. The summed E-state index contributed by atoms with van der Waals surface area (Å²) in [4.78, 5) is 25.2. The van der Waals surface area contributed by atoms with Crippen molar-refractivity contribution in [2.24, 2.45) is 0 Å². The maximum atomic E-state index is 14.1. The van der Waals surface area contributed by atoms with Gasteiger partial charge >= 0.3 is 0 Å². The number of nitrogens with one attached hydrogen (secondary N) is 1. The molecule has 0 aromatic heterocycles. The molecule has 0 spiro atoms. The zero-order valence-electron chi connectivity index (χ0n) is 13.0. The molecule has 24 heavy (non-hydrogen) atoms. The molecule has 1 N–H and O–H groups in total. The van der Waals surface area contributed by atoms with Gasteiger partial charge in [-0.2, -0.15) is 0 Å². The highest BCUT2D eigenvalue weighted by molar-refractivity contribution is 6.33. The van der Waals surface area contributed by atoms with E-state index >= 15 is 0 Å². The Labute approximate surface area is 143 Å². The van der Waals surface area contributed by atoms with Crippen molar-refractivity contribution in [3.05, 3.63) is 41.4 Å². The number of carbonyl (C=O) groups is 2. The zero-order chi connectivity index (χ0) is 17.9. The van der Waals surface area contributed by atoms with E-state index in [1.165, 1.54) is 24.1 Å². The Kier molecular flexibility index (Phi) is 5.43. The van der Waals surface area contributed by atoms with Crippen LogP contribution in [0.1, 0.15) is 16.8 Å². The van der Waals surface area contributed by atoms with Gasteiger partial charge in [-0.15, -0.1) is 0 Å². The molecule has 2 amide bonds. The predicted molar refractivity (Wildman–Crippen MR) is 85.6 cm³/mol. The first-order valence-corrected chi connectivity index (χ1v) is 7.60. The highest BCUT2D eigenvalue weighted by Gasteiger charge is 2.45. The Hall–Kier alpha value is -2.15. The van der Waals surface area contributed by atoms with Crippen molar-refractivity contribution in [3.8, 4) is 5.75 Å². The molecule has 1 aliphatic heterocycles. The lowest BCUT2D eigenvalue weighted by atomic mass is 10.00. The van der Waals surface area contributed by atoms with E-state index in [-0.39, 0.29) is 23.7 Å². The molecule has 1 aromatic rings. The molecule has 1 atom stereocenters. The van der Waals surface area contributed by atoms with E-state index in [1.807, 2.05) is 0 Å². The summed E-state index contributed by atoms with van der Waals surface area (Å²) in [5, 5.41) is 2.39. The molecule has 130 valence electrons. The van der Waals surface area contributed by atoms with Crippen LogP contribution in [0.15, 0.2) is 30.9 Å². The number of hydrogen-bond donors (Lipinski definition) is 1. The summed E-state index contributed by atoms with van der Waals surface area (Å²) < 4.78 is 33.2. The first-order chi connectivity index (χ1) is 11.3. The molecule has 1 saturated heterocycles. The van der Waals surface area contributed by atoms with Crippen molar-refractivity contribution in [1.29, 1.82) is 0 Å². The smallest absolute Gasteiger partial charge is 0.271 e. The third-order valence-corrected chi connectivity index (χ3v) is 4.17. The number of alkyl halides is 2. The lowest BCUT2D eigenvalue weighted by Gasteiger charge is -2.38. The number of likely N-dealkylation sites (tertiary alicyclic amines) is 1. The summed E-state index contributed by atoms with van der Waals surface area (Å²) in [6, 6.07) is 2.86. The second-order valence-electron chi connectivity index (χ2n) is 5.37. The second kappa shape index (κ2) is 7.17. The standard InChI is InChI=1S/C16H17ClF2N2O3/c1-3-14(22)21-7-6-16(18,19)13(9-21)20-15(23)11-8-10(24-2)4-5-12(11)17/h3-5,8,13H,1,6-7,9H2,2H3,(H,20,23)/t13-/m1/s1. The molecule has 0 unspecified atom stereocenters. The monoisotopic (exact) mass is 358 g/mol. The van der Waals surface area contributed by atoms with Gasteiger partial charge in [0.2, 0.25) is 5.91 Å². The Balaban J connectivity index is 2.19. The van der Waals surface area contributed by atoms with E-state index in [1.54, 1.807) is 6.07 Å². The number of piperidine rings is 1. The van der Waals surface area contributed by atoms with Crippen molar-refractivity contribution in [2.45, 2.75) is 18.4 Å². The van der Waals surface area contributed by atoms with Crippen molar-refractivity contribution >= 4 is 23.4 Å². The first kappa shape index (κ1) is 18.2. The molecule has 2 rings (SSSR count). The van der Waals surface area contributed by atoms with Crippen LogP contribution >= 0.6 is 11.6 Å². The Morgan fingerprint density at radius 3 is 2.83 bits per heavy atom. The molecular formula is C16H17ClF2N2O3. The van der Waals surface area contributed by atoms with Crippen molar-refractivity contribution in [2.75, 3.05) is 20.2 Å². The van der Waals surface area contributed by atoms with Crippen LogP contribution < -0.4 is 10.1 Å². The maximum Gasteiger partial charge on any atom is 0.271 e. The zero-order valence-corrected chi connectivity index (χ0v) is 13.8. The molecule has 1 heterocycles. The molecule has 8 heteroatoms. The lowest BCUT2D eigenvalue weighted by Crippen LogP contribution is -2.59. The minimum atomic E-state index is -3.13. The number of carbonyl (C=O) groups excluding carboxylic acids is 2. The third kappa shape index (κ3) is 3.84. The van der Waals surface area contributed by atoms with Crippen molar-refractivity contribution in [1.82, 2.24) is 10.2 Å². The maximum absolute atomic E-state index is 14.1. The summed E-state index contributed by atoms with van der Waals surface area (Å²) in [6.45, 7) is 2.95. The molecule has 0 bridgehead atoms. The van der Waals surface area contributed by atoms with E-state index in [4.69, 9.17) is 16.3 Å². The van der Waals surface area contributed by atoms with Crippen molar-refractivity contribution < 1.29 is 23.1 Å². The quantitative estimate of drug-likeness (QED) is 0.841. The van der Waals surface area contributed by atoms with Gasteiger partial charge in [-0.1, -0.05) is 18.2 Å². The third-order valence-electron chi connectivity index (χ3n) is 3.84. The average Bonchev–Trinajstić information content (AvgIpc) is 2.56. The van der Waals surface area contributed by atoms with Gasteiger partial charge in [0.25, 0.3) is 11.8 Å². The Bertz CT molecular complexity index is 667. The summed E-state index contributed by atoms with van der Waals surface area (Å²) in [7, 11) is 1.42. The molecule has 1 aliphatic rings. The van der Waals surface area contributed by atoms with Crippen LogP contribution in [0.2, 0.25) is 5.02 Å². The normalized spacial score (nSPS) is 19.5. The van der Waals surface area contributed by atoms with E-state index < -0.39 is 30.2 Å². The average molecular weight is 359 g/mol. The minimum absolute atomic E-state index is 0.0268. The molecule has 0 aliphatic carbocycles. The highest BCUT2D eigenvalue weighted by atomic mass is 35.5. The molecular weight excluding hydrogens is 342 g/mol. The van der Waals surface area contributed by atoms with E-state index in [0.717, 1.165) is 6.08 Å². The van der Waals surface area contributed by atoms with E-state index in [2.05, 4.69) is 11.9 Å². The van der Waals surface area contributed by atoms with Gasteiger partial charge in [0.1, 0.15) is 11.8 Å². The molecule has 0 saturated carbocycles. The largest absolute Gasteiger partial charge is 0.497 e. The number of hydrogen-bond acceptors (Lipinski definition) is 3. The van der Waals surface area contributed by atoms with Crippen LogP contribution in [0, 0.1) is 0 Å². The van der Waals surface area contributed by atoms with E-state index in [0.29, 0.717) is 5.75 Å². The number of amides is 2. The van der Waals surface area contributed by atoms with Crippen molar-refractivity contribution in [3.63, 3.8) is 0 Å². The predicted octanol–water partition coefficient (Wildman–Crippen LogP) is 2.50. The fraction of sp³-hybridized carbons (Fsp3) is 0.375. The summed E-state index contributed by atoms with van der Waals surface area (Å²) >= 11 is 5.96. The van der Waals surface area contributed by atoms with Gasteiger partial charge in [0, 0.05) is 19.5 Å². The highest BCUT2D eigenvalue weighted by Crippen LogP contribution is 2.29. The number of rotatable bonds is 4. The summed E-state index contributed by atoms with van der Waals surface area (Å²) in [5.74, 6) is -3.96. The van der Waals surface area contributed by atoms with E-state index in [9.17, 15) is 18.4 Å². The second-order valence-corrected chi connectivity index (χ2v) is 5.78. The van der Waals surface area contributed by atoms with Crippen LogP contribution in [0.25, 0.3) is 0 Å². The number of halogens is 3. The fourth-order valence-electron chi connectivity index (χ4n) is 2.43. The summed E-state index contributed by atoms with van der Waals surface area (Å²) in [6.07, 6.45) is 0.518. The SMILES string of the molecule is C=CC(=O)N1CCC(F)(F)[C@H](NC(=O)c2cc(OC)ccc2Cl)C1. The van der Waals surface area contributed by atoms with Crippen LogP contribution in [0.3, 0.4) is 0 Å². The van der Waals surface area contributed by atoms with Gasteiger partial charge in [-0.05, 0) is 24.3 Å². The number of methoxy groups -OCH3 is 1. The molecule has 5 nitrogen and oxygen atoms in total. The first-order valence-electron chi connectivity index (χ1n) is 7.22. The molecule has 0 radical (unpaired) electrons. The Morgan fingerprint density at radius 2 is 2.21 bits per heavy atom. The van der Waals surface area contributed by atoms with Gasteiger partial charge in [0.15, 0.2) is 0 Å². The fourth-order valence-corrected chi connectivity index (χ4v) is 2.63. The van der Waals surface area contributed by atoms with Crippen LogP contribution in [0.5, 0.6) is 5.75 Å². The Morgan fingerprint density at radius 1 is 1.50 bits per heavy atom. The van der Waals surface area contributed by atoms with Gasteiger partial charge in [-0.25, -0.2) is 8.78 Å². The lowest BCUT2D eigenvalue weighted by molar-refractivity contribution is -0.135. The van der Waals surface area contributed by atoms with Gasteiger partial charge < -0.3 is 15.0 Å². The van der Waals surface area contributed by atoms with Crippen LogP contribution in [-0.4, -0.2) is 48.9 Å². The number of benzene rings is 1.